The van der Waals surface area contributed by atoms with Crippen molar-refractivity contribution in [3.05, 3.63) is 58.3 Å². The van der Waals surface area contributed by atoms with Crippen LogP contribution in [-0.4, -0.2) is 59.5 Å². The standard InChI is InChI=1S/C19H22N4O3/c1-22-9-13-10-23(19(25)16-7-21-17(24)8-20-16)11-15(13)18(22)12-3-5-14(26-2)6-4-12/h3-8,13,15,18H,9-11H2,1-2H3,(H,21,24)/t13-,15+,18-/m0/s1. The Bertz CT molecular complexity index is 843. The number of ether oxygens (including phenoxy) is 1. The van der Waals surface area contributed by atoms with Gasteiger partial charge in [0.15, 0.2) is 0 Å². The highest BCUT2D eigenvalue weighted by molar-refractivity contribution is 5.92. The molecule has 2 aliphatic heterocycles. The fraction of sp³-hybridized carbons (Fsp3) is 0.421. The van der Waals surface area contributed by atoms with Gasteiger partial charge in [-0.3, -0.25) is 14.5 Å². The lowest BCUT2D eigenvalue weighted by Gasteiger charge is -2.27. The third kappa shape index (κ3) is 2.88. The van der Waals surface area contributed by atoms with Gasteiger partial charge in [0.05, 0.1) is 13.3 Å². The number of likely N-dealkylation sites (tertiary alicyclic amines) is 2. The first-order valence-corrected chi connectivity index (χ1v) is 8.75. The molecule has 0 radical (unpaired) electrons. The van der Waals surface area contributed by atoms with Crippen molar-refractivity contribution in [2.75, 3.05) is 33.8 Å². The number of aromatic amines is 1. The highest BCUT2D eigenvalue weighted by Crippen LogP contribution is 2.44. The zero-order chi connectivity index (χ0) is 18.3. The van der Waals surface area contributed by atoms with E-state index in [-0.39, 0.29) is 17.5 Å². The Morgan fingerprint density at radius 1 is 1.23 bits per heavy atom. The maximum Gasteiger partial charge on any atom is 0.273 e. The number of amides is 1. The molecule has 26 heavy (non-hydrogen) atoms. The van der Waals surface area contributed by atoms with Crippen LogP contribution in [0.25, 0.3) is 0 Å². The van der Waals surface area contributed by atoms with Crippen LogP contribution in [0.15, 0.2) is 41.5 Å². The first-order chi connectivity index (χ1) is 12.6. The number of nitrogens with zero attached hydrogens (tertiary/aromatic N) is 3. The van der Waals surface area contributed by atoms with Gasteiger partial charge < -0.3 is 14.6 Å². The molecule has 3 atom stereocenters. The lowest BCUT2D eigenvalue weighted by atomic mass is 9.89. The quantitative estimate of drug-likeness (QED) is 0.895. The number of nitrogens with one attached hydrogen (secondary N) is 1. The summed E-state index contributed by atoms with van der Waals surface area (Å²) in [5.41, 5.74) is 1.23. The molecule has 1 aromatic heterocycles. The molecule has 7 nitrogen and oxygen atoms in total. The lowest BCUT2D eigenvalue weighted by molar-refractivity contribution is 0.0761. The van der Waals surface area contributed by atoms with Crippen LogP contribution in [0.4, 0.5) is 0 Å². The fourth-order valence-corrected chi connectivity index (χ4v) is 4.35. The van der Waals surface area contributed by atoms with Crippen LogP contribution >= 0.6 is 0 Å². The van der Waals surface area contributed by atoms with Gasteiger partial charge in [-0.1, -0.05) is 12.1 Å². The second-order valence-electron chi connectivity index (χ2n) is 7.09. The minimum atomic E-state index is -0.305. The highest BCUT2D eigenvalue weighted by Gasteiger charge is 2.47. The minimum Gasteiger partial charge on any atom is -0.497 e. The van der Waals surface area contributed by atoms with Crippen molar-refractivity contribution in [2.24, 2.45) is 11.8 Å². The Hall–Kier alpha value is -2.67. The average Bonchev–Trinajstić information content (AvgIpc) is 3.18. The molecule has 1 amide bonds. The molecule has 0 bridgehead atoms. The topological polar surface area (TPSA) is 78.5 Å². The molecule has 1 N–H and O–H groups in total. The van der Waals surface area contributed by atoms with Gasteiger partial charge in [-0.25, -0.2) is 4.98 Å². The molecule has 2 fully saturated rings. The molecule has 0 unspecified atom stereocenters. The van der Waals surface area contributed by atoms with E-state index in [4.69, 9.17) is 4.74 Å². The van der Waals surface area contributed by atoms with Crippen LogP contribution < -0.4 is 10.3 Å². The third-order valence-corrected chi connectivity index (χ3v) is 5.53. The molecule has 0 spiro atoms. The summed E-state index contributed by atoms with van der Waals surface area (Å²) in [6.07, 6.45) is 2.55. The number of rotatable bonds is 3. The fourth-order valence-electron chi connectivity index (χ4n) is 4.35. The summed E-state index contributed by atoms with van der Waals surface area (Å²) in [7, 11) is 3.81. The molecule has 1 aromatic carbocycles. The number of fused-ring (bicyclic) bond motifs is 1. The van der Waals surface area contributed by atoms with Crippen LogP contribution in [0.3, 0.4) is 0 Å². The largest absolute Gasteiger partial charge is 0.497 e. The van der Waals surface area contributed by atoms with E-state index in [0.29, 0.717) is 24.1 Å². The Labute approximate surface area is 151 Å². The number of carbonyl (C=O) groups is 1. The zero-order valence-electron chi connectivity index (χ0n) is 14.9. The Balaban J connectivity index is 1.53. The zero-order valence-corrected chi connectivity index (χ0v) is 14.9. The minimum absolute atomic E-state index is 0.119. The summed E-state index contributed by atoms with van der Waals surface area (Å²) >= 11 is 0. The van der Waals surface area contributed by atoms with E-state index in [1.807, 2.05) is 17.0 Å². The lowest BCUT2D eigenvalue weighted by Crippen LogP contribution is -2.34. The smallest absolute Gasteiger partial charge is 0.273 e. The summed E-state index contributed by atoms with van der Waals surface area (Å²) in [6, 6.07) is 8.47. The number of carbonyl (C=O) groups excluding carboxylic acids is 1. The van der Waals surface area contributed by atoms with Crippen LogP contribution in [-0.2, 0) is 0 Å². The van der Waals surface area contributed by atoms with Gasteiger partial charge >= 0.3 is 0 Å². The van der Waals surface area contributed by atoms with Crippen molar-refractivity contribution in [1.82, 2.24) is 19.8 Å². The van der Waals surface area contributed by atoms with Crippen molar-refractivity contribution in [3.63, 3.8) is 0 Å². The van der Waals surface area contributed by atoms with Crippen LogP contribution in [0.1, 0.15) is 22.1 Å². The summed E-state index contributed by atoms with van der Waals surface area (Å²) in [6.45, 7) is 2.39. The molecule has 2 aromatic rings. The van der Waals surface area contributed by atoms with E-state index in [0.717, 1.165) is 25.0 Å². The number of methoxy groups -OCH3 is 1. The second-order valence-corrected chi connectivity index (χ2v) is 7.09. The van der Waals surface area contributed by atoms with Crippen molar-refractivity contribution >= 4 is 5.91 Å². The van der Waals surface area contributed by atoms with Crippen LogP contribution in [0.2, 0.25) is 0 Å². The van der Waals surface area contributed by atoms with Crippen LogP contribution in [0, 0.1) is 11.8 Å². The maximum atomic E-state index is 12.7. The van der Waals surface area contributed by atoms with Crippen molar-refractivity contribution in [2.45, 2.75) is 6.04 Å². The van der Waals surface area contributed by atoms with E-state index in [2.05, 4.69) is 34.0 Å². The molecular formula is C19H22N4O3. The van der Waals surface area contributed by atoms with Gasteiger partial charge in [0.25, 0.3) is 11.5 Å². The predicted octanol–water partition coefficient (Wildman–Crippen LogP) is 1.15. The summed E-state index contributed by atoms with van der Waals surface area (Å²) in [5.74, 6) is 1.56. The number of hydrogen-bond donors (Lipinski definition) is 1. The molecule has 136 valence electrons. The molecule has 3 heterocycles. The molecule has 0 saturated carbocycles. The van der Waals surface area contributed by atoms with Crippen molar-refractivity contribution < 1.29 is 9.53 Å². The van der Waals surface area contributed by atoms with E-state index in [1.165, 1.54) is 11.8 Å². The first kappa shape index (κ1) is 16.8. The molecule has 2 aliphatic rings. The van der Waals surface area contributed by atoms with Gasteiger partial charge in [-0.2, -0.15) is 0 Å². The molecule has 4 rings (SSSR count). The average molecular weight is 354 g/mol. The molecular weight excluding hydrogens is 332 g/mol. The number of aromatic nitrogens is 2. The number of hydrogen-bond acceptors (Lipinski definition) is 5. The van der Waals surface area contributed by atoms with E-state index < -0.39 is 0 Å². The van der Waals surface area contributed by atoms with Crippen molar-refractivity contribution in [3.8, 4) is 5.75 Å². The van der Waals surface area contributed by atoms with E-state index in [9.17, 15) is 9.59 Å². The van der Waals surface area contributed by atoms with Gasteiger partial charge in [0, 0.05) is 37.8 Å². The first-order valence-electron chi connectivity index (χ1n) is 8.75. The highest BCUT2D eigenvalue weighted by atomic mass is 16.5. The van der Waals surface area contributed by atoms with Gasteiger partial charge in [0.1, 0.15) is 11.4 Å². The normalized spacial score (nSPS) is 25.3. The SMILES string of the molecule is COc1ccc([C@H]2[C@@H]3CN(C(=O)c4c[nH]c(=O)cn4)C[C@@H]3CN2C)cc1. The van der Waals surface area contributed by atoms with Crippen molar-refractivity contribution in [1.29, 1.82) is 0 Å². The van der Waals surface area contributed by atoms with E-state index in [1.54, 1.807) is 7.11 Å². The second kappa shape index (κ2) is 6.57. The Kier molecular flexibility index (Phi) is 4.24. The molecule has 2 saturated heterocycles. The molecule has 7 heteroatoms. The predicted molar refractivity (Wildman–Crippen MR) is 96.1 cm³/mol. The third-order valence-electron chi connectivity index (χ3n) is 5.53. The number of H-pyrrole nitrogens is 1. The Morgan fingerprint density at radius 2 is 2.00 bits per heavy atom. The Morgan fingerprint density at radius 3 is 2.65 bits per heavy atom. The summed E-state index contributed by atoms with van der Waals surface area (Å²) in [4.78, 5) is 34.6. The van der Waals surface area contributed by atoms with Gasteiger partial charge in [-0.15, -0.1) is 0 Å². The number of benzene rings is 1. The monoisotopic (exact) mass is 354 g/mol. The van der Waals surface area contributed by atoms with E-state index >= 15 is 0 Å². The van der Waals surface area contributed by atoms with Gasteiger partial charge in [0.2, 0.25) is 0 Å². The molecule has 0 aliphatic carbocycles. The van der Waals surface area contributed by atoms with Gasteiger partial charge in [-0.05, 0) is 30.7 Å². The van der Waals surface area contributed by atoms with Crippen LogP contribution in [0.5, 0.6) is 5.75 Å². The maximum absolute atomic E-state index is 12.7. The summed E-state index contributed by atoms with van der Waals surface area (Å²) < 4.78 is 5.25. The summed E-state index contributed by atoms with van der Waals surface area (Å²) in [5, 5.41) is 0.